The lowest BCUT2D eigenvalue weighted by molar-refractivity contribution is 0.174. The van der Waals surface area contributed by atoms with Gasteiger partial charge in [-0.2, -0.15) is 0 Å². The van der Waals surface area contributed by atoms with Gasteiger partial charge in [0.15, 0.2) is 0 Å². The Bertz CT molecular complexity index is 290. The molecular formula is C15H24. The molecule has 0 saturated heterocycles. The van der Waals surface area contributed by atoms with Crippen LogP contribution in [-0.2, 0) is 0 Å². The van der Waals surface area contributed by atoms with Crippen LogP contribution in [0, 0.1) is 35.0 Å². The Morgan fingerprint density at radius 1 is 1.40 bits per heavy atom. The Morgan fingerprint density at radius 2 is 2.20 bits per heavy atom. The molecule has 0 aliphatic heterocycles. The van der Waals surface area contributed by atoms with Crippen LogP contribution < -0.4 is 0 Å². The van der Waals surface area contributed by atoms with Gasteiger partial charge in [-0.1, -0.05) is 52.2 Å². The Kier molecular flexibility index (Phi) is 2.06. The minimum atomic E-state index is 0.757. The highest BCUT2D eigenvalue weighted by atomic mass is 14.7. The van der Waals surface area contributed by atoms with E-state index in [2.05, 4.69) is 32.9 Å². The minimum absolute atomic E-state index is 0.757. The van der Waals surface area contributed by atoms with Crippen LogP contribution in [0.2, 0.25) is 0 Å². The third-order valence-electron chi connectivity index (χ3n) is 5.80. The first-order valence-corrected chi connectivity index (χ1v) is 6.90. The zero-order chi connectivity index (χ0) is 10.6. The summed E-state index contributed by atoms with van der Waals surface area (Å²) in [4.78, 5) is 0. The standard InChI is InChI=1S/C15H24/c1-4-10(2)12-7-8-13-14-11(3)6-5-9-15(12,13)14/h7-8,10-14H,4-6,9H2,1-3H3. The second-order valence-corrected chi connectivity index (χ2v) is 6.33. The zero-order valence-electron chi connectivity index (χ0n) is 10.4. The summed E-state index contributed by atoms with van der Waals surface area (Å²) in [7, 11) is 0. The lowest BCUT2D eigenvalue weighted by Crippen LogP contribution is -2.26. The summed E-state index contributed by atoms with van der Waals surface area (Å²) in [6.07, 6.45) is 11.0. The second kappa shape index (κ2) is 3.12. The van der Waals surface area contributed by atoms with Crippen LogP contribution in [-0.4, -0.2) is 0 Å². The van der Waals surface area contributed by atoms with Crippen LogP contribution in [0.1, 0.15) is 46.5 Å². The van der Waals surface area contributed by atoms with Crippen LogP contribution in [0.15, 0.2) is 12.2 Å². The summed E-state index contributed by atoms with van der Waals surface area (Å²) in [5.74, 6) is 4.87. The van der Waals surface area contributed by atoms with Crippen molar-refractivity contribution in [2.45, 2.75) is 46.5 Å². The van der Waals surface area contributed by atoms with Gasteiger partial charge in [-0.25, -0.2) is 0 Å². The van der Waals surface area contributed by atoms with E-state index in [9.17, 15) is 0 Å². The SMILES string of the molecule is CCC(C)C1C=CC2C3C(C)CCCC123. The van der Waals surface area contributed by atoms with Crippen LogP contribution in [0.5, 0.6) is 0 Å². The van der Waals surface area contributed by atoms with Gasteiger partial charge in [0.25, 0.3) is 0 Å². The van der Waals surface area contributed by atoms with E-state index in [1.807, 2.05) is 0 Å². The van der Waals surface area contributed by atoms with E-state index in [4.69, 9.17) is 0 Å². The molecule has 6 unspecified atom stereocenters. The number of hydrogen-bond acceptors (Lipinski definition) is 0. The van der Waals surface area contributed by atoms with Crippen molar-refractivity contribution < 1.29 is 0 Å². The minimum Gasteiger partial charge on any atom is -0.0843 e. The van der Waals surface area contributed by atoms with Crippen molar-refractivity contribution in [1.82, 2.24) is 0 Å². The number of fused-ring (bicyclic) bond motifs is 1. The Balaban J connectivity index is 1.87. The maximum Gasteiger partial charge on any atom is -0.0130 e. The highest BCUT2D eigenvalue weighted by molar-refractivity contribution is 5.31. The van der Waals surface area contributed by atoms with E-state index < -0.39 is 0 Å². The van der Waals surface area contributed by atoms with E-state index in [0.29, 0.717) is 0 Å². The van der Waals surface area contributed by atoms with Crippen LogP contribution in [0.3, 0.4) is 0 Å². The third-order valence-corrected chi connectivity index (χ3v) is 5.80. The topological polar surface area (TPSA) is 0 Å². The summed E-state index contributed by atoms with van der Waals surface area (Å²) >= 11 is 0. The first-order valence-electron chi connectivity index (χ1n) is 6.90. The molecule has 0 aromatic heterocycles. The molecule has 0 N–H and O–H groups in total. The van der Waals surface area contributed by atoms with Crippen molar-refractivity contribution >= 4 is 0 Å². The Morgan fingerprint density at radius 3 is 2.93 bits per heavy atom. The fourth-order valence-electron chi connectivity index (χ4n) is 4.95. The first-order chi connectivity index (χ1) is 7.21. The molecule has 6 atom stereocenters. The van der Waals surface area contributed by atoms with Crippen LogP contribution in [0.4, 0.5) is 0 Å². The molecule has 2 saturated carbocycles. The van der Waals surface area contributed by atoms with E-state index in [1.54, 1.807) is 0 Å². The Labute approximate surface area is 94.1 Å². The van der Waals surface area contributed by atoms with Crippen molar-refractivity contribution in [3.63, 3.8) is 0 Å². The maximum atomic E-state index is 2.57. The smallest absolute Gasteiger partial charge is 0.0130 e. The predicted octanol–water partition coefficient (Wildman–Crippen LogP) is 4.27. The lowest BCUT2D eigenvalue weighted by atomic mass is 9.71. The summed E-state index contributed by atoms with van der Waals surface area (Å²) in [6, 6.07) is 0. The molecule has 1 spiro atoms. The molecule has 3 rings (SSSR count). The fourth-order valence-corrected chi connectivity index (χ4v) is 4.95. The van der Waals surface area contributed by atoms with E-state index in [-0.39, 0.29) is 0 Å². The molecule has 0 nitrogen and oxygen atoms in total. The monoisotopic (exact) mass is 204 g/mol. The molecule has 0 radical (unpaired) electrons. The zero-order valence-corrected chi connectivity index (χ0v) is 10.4. The molecule has 2 fully saturated rings. The van der Waals surface area contributed by atoms with E-state index in [1.165, 1.54) is 25.7 Å². The average Bonchev–Trinajstić information content (AvgIpc) is 2.78. The number of hydrogen-bond donors (Lipinski definition) is 0. The molecule has 3 aliphatic rings. The van der Waals surface area contributed by atoms with Crippen molar-refractivity contribution in [2.24, 2.45) is 35.0 Å². The van der Waals surface area contributed by atoms with Gasteiger partial charge >= 0.3 is 0 Å². The number of allylic oxidation sites excluding steroid dienone is 2. The molecular weight excluding hydrogens is 180 g/mol. The van der Waals surface area contributed by atoms with Crippen LogP contribution >= 0.6 is 0 Å². The normalized spacial score (nSPS) is 53.5. The highest BCUT2D eigenvalue weighted by Gasteiger charge is 2.70. The largest absolute Gasteiger partial charge is 0.0843 e. The highest BCUT2D eigenvalue weighted by Crippen LogP contribution is 2.76. The molecule has 3 aliphatic carbocycles. The fraction of sp³-hybridized carbons (Fsp3) is 0.867. The van der Waals surface area contributed by atoms with E-state index >= 15 is 0 Å². The van der Waals surface area contributed by atoms with Crippen molar-refractivity contribution in [3.05, 3.63) is 12.2 Å². The van der Waals surface area contributed by atoms with Crippen molar-refractivity contribution in [2.75, 3.05) is 0 Å². The lowest BCUT2D eigenvalue weighted by Gasteiger charge is -2.34. The summed E-state index contributed by atoms with van der Waals surface area (Å²) in [6.45, 7) is 7.30. The van der Waals surface area contributed by atoms with Crippen LogP contribution in [0.25, 0.3) is 0 Å². The average molecular weight is 204 g/mol. The van der Waals surface area contributed by atoms with Gasteiger partial charge in [0.1, 0.15) is 0 Å². The molecule has 0 amide bonds. The third kappa shape index (κ3) is 1.09. The van der Waals surface area contributed by atoms with E-state index in [0.717, 1.165) is 35.0 Å². The number of rotatable bonds is 2. The second-order valence-electron chi connectivity index (χ2n) is 6.33. The molecule has 0 heterocycles. The molecule has 0 aromatic carbocycles. The maximum absolute atomic E-state index is 2.57. The van der Waals surface area contributed by atoms with Gasteiger partial charge < -0.3 is 0 Å². The molecule has 0 aromatic rings. The Hall–Kier alpha value is -0.260. The molecule has 0 heteroatoms. The van der Waals surface area contributed by atoms with Gasteiger partial charge in [-0.3, -0.25) is 0 Å². The van der Waals surface area contributed by atoms with Gasteiger partial charge in [-0.05, 0) is 41.4 Å². The molecule has 0 bridgehead atoms. The summed E-state index contributed by atoms with van der Waals surface area (Å²) < 4.78 is 0. The summed E-state index contributed by atoms with van der Waals surface area (Å²) in [5.41, 5.74) is 0.757. The van der Waals surface area contributed by atoms with Gasteiger partial charge in [0.05, 0.1) is 0 Å². The first kappa shape index (κ1) is 9.93. The molecule has 15 heavy (non-hydrogen) atoms. The van der Waals surface area contributed by atoms with Crippen molar-refractivity contribution in [1.29, 1.82) is 0 Å². The quantitative estimate of drug-likeness (QED) is 0.589. The van der Waals surface area contributed by atoms with Crippen molar-refractivity contribution in [3.8, 4) is 0 Å². The summed E-state index contributed by atoms with van der Waals surface area (Å²) in [5, 5.41) is 0. The predicted molar refractivity (Wildman–Crippen MR) is 64.5 cm³/mol. The molecule has 84 valence electrons. The van der Waals surface area contributed by atoms with Gasteiger partial charge in [0, 0.05) is 0 Å². The van der Waals surface area contributed by atoms with Gasteiger partial charge in [0.2, 0.25) is 0 Å². The van der Waals surface area contributed by atoms with Gasteiger partial charge in [-0.15, -0.1) is 0 Å².